The molecule has 1 amide bonds. The standard InChI is InChI=1S/C17H22N4O3/c1-4-24-17(23)14-7-5-6-8-15(14)20-16(22)13(11-18)12-19-9-10-21(2)3/h5-8,12,19H,4,9-10H2,1-3H3,(H,20,22)/b13-12-. The molecule has 7 heteroatoms. The molecule has 0 radical (unpaired) electrons. The van der Waals surface area contributed by atoms with E-state index in [-0.39, 0.29) is 17.7 Å². The predicted molar refractivity (Wildman–Crippen MR) is 91.3 cm³/mol. The number of carbonyl (C=O) groups is 2. The molecule has 128 valence electrons. The zero-order chi connectivity index (χ0) is 17.9. The van der Waals surface area contributed by atoms with Crippen LogP contribution < -0.4 is 10.6 Å². The number of hydrogen-bond acceptors (Lipinski definition) is 6. The van der Waals surface area contributed by atoms with Crippen LogP contribution in [0.1, 0.15) is 17.3 Å². The van der Waals surface area contributed by atoms with Crippen LogP contribution in [-0.4, -0.2) is 50.6 Å². The zero-order valence-corrected chi connectivity index (χ0v) is 14.1. The highest BCUT2D eigenvalue weighted by Crippen LogP contribution is 2.17. The quantitative estimate of drug-likeness (QED) is 0.323. The van der Waals surface area contributed by atoms with Crippen molar-refractivity contribution < 1.29 is 14.3 Å². The summed E-state index contributed by atoms with van der Waals surface area (Å²) < 4.78 is 4.95. The Hall–Kier alpha value is -2.85. The first-order valence-corrected chi connectivity index (χ1v) is 7.55. The fraction of sp³-hybridized carbons (Fsp3) is 0.353. The predicted octanol–water partition coefficient (Wildman–Crippen LogP) is 1.36. The fourth-order valence-electron chi connectivity index (χ4n) is 1.78. The van der Waals surface area contributed by atoms with Gasteiger partial charge >= 0.3 is 5.97 Å². The second kappa shape index (κ2) is 10.0. The van der Waals surface area contributed by atoms with Crippen LogP contribution in [0.4, 0.5) is 5.69 Å². The van der Waals surface area contributed by atoms with Gasteiger partial charge in [0, 0.05) is 19.3 Å². The second-order valence-corrected chi connectivity index (χ2v) is 5.15. The van der Waals surface area contributed by atoms with Crippen LogP contribution in [-0.2, 0) is 9.53 Å². The summed E-state index contributed by atoms with van der Waals surface area (Å²) in [6, 6.07) is 8.33. The minimum atomic E-state index is -0.591. The van der Waals surface area contributed by atoms with Gasteiger partial charge < -0.3 is 20.3 Å². The first kappa shape index (κ1) is 19.2. The maximum atomic E-state index is 12.2. The lowest BCUT2D eigenvalue weighted by Gasteiger charge is -2.11. The first-order valence-electron chi connectivity index (χ1n) is 7.55. The van der Waals surface area contributed by atoms with Gasteiger partial charge in [-0.3, -0.25) is 4.79 Å². The molecule has 0 unspecified atom stereocenters. The molecule has 1 aromatic rings. The van der Waals surface area contributed by atoms with Crippen LogP contribution in [0, 0.1) is 11.3 Å². The van der Waals surface area contributed by atoms with Gasteiger partial charge in [-0.25, -0.2) is 4.79 Å². The molecule has 0 heterocycles. The highest BCUT2D eigenvalue weighted by atomic mass is 16.5. The molecule has 1 aromatic carbocycles. The third-order valence-corrected chi connectivity index (χ3v) is 2.99. The summed E-state index contributed by atoms with van der Waals surface area (Å²) in [5.41, 5.74) is 0.466. The van der Waals surface area contributed by atoms with Crippen molar-refractivity contribution in [3.63, 3.8) is 0 Å². The number of carbonyl (C=O) groups excluding carboxylic acids is 2. The Labute approximate surface area is 141 Å². The SMILES string of the molecule is CCOC(=O)c1ccccc1NC(=O)/C(C#N)=C\NCCN(C)C. The van der Waals surface area contributed by atoms with Gasteiger partial charge in [-0.1, -0.05) is 12.1 Å². The van der Waals surface area contributed by atoms with Crippen LogP contribution in [0.25, 0.3) is 0 Å². The number of benzene rings is 1. The third kappa shape index (κ3) is 6.10. The Balaban J connectivity index is 2.81. The average molecular weight is 330 g/mol. The second-order valence-electron chi connectivity index (χ2n) is 5.15. The van der Waals surface area contributed by atoms with E-state index in [1.54, 1.807) is 31.2 Å². The molecular formula is C17H22N4O3. The first-order chi connectivity index (χ1) is 11.5. The average Bonchev–Trinajstić information content (AvgIpc) is 2.55. The number of likely N-dealkylation sites (N-methyl/N-ethyl adjacent to an activating group) is 1. The van der Waals surface area contributed by atoms with Gasteiger partial charge in [0.25, 0.3) is 5.91 Å². The summed E-state index contributed by atoms with van der Waals surface area (Å²) in [6.07, 6.45) is 1.37. The monoisotopic (exact) mass is 330 g/mol. The molecule has 0 aliphatic carbocycles. The minimum absolute atomic E-state index is 0.0765. The van der Waals surface area contributed by atoms with Gasteiger partial charge in [0.1, 0.15) is 11.6 Å². The van der Waals surface area contributed by atoms with E-state index in [0.29, 0.717) is 12.2 Å². The summed E-state index contributed by atoms with van der Waals surface area (Å²) in [7, 11) is 3.85. The summed E-state index contributed by atoms with van der Waals surface area (Å²) in [4.78, 5) is 26.1. The smallest absolute Gasteiger partial charge is 0.340 e. The van der Waals surface area contributed by atoms with Gasteiger partial charge in [0.15, 0.2) is 0 Å². The van der Waals surface area contributed by atoms with Crippen LogP contribution in [0.2, 0.25) is 0 Å². The molecule has 0 saturated heterocycles. The van der Waals surface area contributed by atoms with E-state index in [4.69, 9.17) is 10.00 Å². The van der Waals surface area contributed by atoms with Crippen molar-refractivity contribution in [2.45, 2.75) is 6.92 Å². The van der Waals surface area contributed by atoms with E-state index < -0.39 is 11.9 Å². The van der Waals surface area contributed by atoms with Gasteiger partial charge in [-0.2, -0.15) is 5.26 Å². The molecular weight excluding hydrogens is 308 g/mol. The van der Waals surface area contributed by atoms with Crippen molar-refractivity contribution in [2.24, 2.45) is 0 Å². The number of amides is 1. The van der Waals surface area contributed by atoms with Gasteiger partial charge in [-0.05, 0) is 33.2 Å². The minimum Gasteiger partial charge on any atom is -0.462 e. The molecule has 0 saturated carbocycles. The summed E-state index contributed by atoms with van der Waals surface area (Å²) in [5, 5.41) is 14.6. The van der Waals surface area contributed by atoms with Crippen LogP contribution >= 0.6 is 0 Å². The number of anilines is 1. The highest BCUT2D eigenvalue weighted by Gasteiger charge is 2.16. The van der Waals surface area contributed by atoms with E-state index in [1.165, 1.54) is 6.20 Å². The Morgan fingerprint density at radius 2 is 2.04 bits per heavy atom. The van der Waals surface area contributed by atoms with E-state index >= 15 is 0 Å². The lowest BCUT2D eigenvalue weighted by Crippen LogP contribution is -2.25. The number of ether oxygens (including phenoxy) is 1. The molecule has 7 nitrogen and oxygen atoms in total. The van der Waals surface area contributed by atoms with Crippen LogP contribution in [0.15, 0.2) is 36.0 Å². The molecule has 24 heavy (non-hydrogen) atoms. The number of nitrogens with zero attached hydrogens (tertiary/aromatic N) is 2. The molecule has 0 aliphatic heterocycles. The number of nitriles is 1. The molecule has 2 N–H and O–H groups in total. The number of rotatable bonds is 8. The molecule has 0 aromatic heterocycles. The molecule has 1 rings (SSSR count). The Kier molecular flexibility index (Phi) is 8.02. The van der Waals surface area contributed by atoms with Crippen molar-refractivity contribution >= 4 is 17.6 Å². The summed E-state index contributed by atoms with van der Waals surface area (Å²) >= 11 is 0. The third-order valence-electron chi connectivity index (χ3n) is 2.99. The summed E-state index contributed by atoms with van der Waals surface area (Å²) in [5.74, 6) is -1.12. The number of para-hydroxylation sites is 1. The molecule has 0 atom stereocenters. The Bertz CT molecular complexity index is 647. The van der Waals surface area contributed by atoms with E-state index in [0.717, 1.165) is 6.54 Å². The maximum Gasteiger partial charge on any atom is 0.340 e. The van der Waals surface area contributed by atoms with Gasteiger partial charge in [0.05, 0.1) is 17.9 Å². The number of esters is 1. The van der Waals surface area contributed by atoms with E-state index in [2.05, 4.69) is 10.6 Å². The van der Waals surface area contributed by atoms with Gasteiger partial charge in [0.2, 0.25) is 0 Å². The van der Waals surface area contributed by atoms with Gasteiger partial charge in [-0.15, -0.1) is 0 Å². The Morgan fingerprint density at radius 1 is 1.33 bits per heavy atom. The van der Waals surface area contributed by atoms with E-state index in [9.17, 15) is 9.59 Å². The lowest BCUT2D eigenvalue weighted by molar-refractivity contribution is -0.112. The lowest BCUT2D eigenvalue weighted by atomic mass is 10.1. The topological polar surface area (TPSA) is 94.5 Å². The van der Waals surface area contributed by atoms with Crippen molar-refractivity contribution in [3.8, 4) is 6.07 Å². The Morgan fingerprint density at radius 3 is 2.67 bits per heavy atom. The fourth-order valence-corrected chi connectivity index (χ4v) is 1.78. The largest absolute Gasteiger partial charge is 0.462 e. The van der Waals surface area contributed by atoms with Crippen LogP contribution in [0.5, 0.6) is 0 Å². The van der Waals surface area contributed by atoms with E-state index in [1.807, 2.05) is 25.1 Å². The van der Waals surface area contributed by atoms with Crippen molar-refractivity contribution in [3.05, 3.63) is 41.6 Å². The maximum absolute atomic E-state index is 12.2. The van der Waals surface area contributed by atoms with Crippen LogP contribution in [0.3, 0.4) is 0 Å². The molecule has 0 spiro atoms. The molecule has 0 bridgehead atoms. The van der Waals surface area contributed by atoms with Crippen molar-refractivity contribution in [1.29, 1.82) is 5.26 Å². The highest BCUT2D eigenvalue weighted by molar-refractivity contribution is 6.09. The van der Waals surface area contributed by atoms with Crippen molar-refractivity contribution in [1.82, 2.24) is 10.2 Å². The normalized spacial score (nSPS) is 10.9. The number of nitrogens with one attached hydrogen (secondary N) is 2. The van der Waals surface area contributed by atoms with Crippen molar-refractivity contribution in [2.75, 3.05) is 39.1 Å². The zero-order valence-electron chi connectivity index (χ0n) is 14.1. The summed E-state index contributed by atoms with van der Waals surface area (Å²) in [6.45, 7) is 3.31. The molecule has 0 fully saturated rings. The number of hydrogen-bond donors (Lipinski definition) is 2. The molecule has 0 aliphatic rings.